The predicted octanol–water partition coefficient (Wildman–Crippen LogP) is 4.17. The maximum atomic E-state index is 13.9. The quantitative estimate of drug-likeness (QED) is 0.307. The van der Waals surface area contributed by atoms with Crippen LogP contribution >= 0.6 is 0 Å². The van der Waals surface area contributed by atoms with Crippen LogP contribution in [0.1, 0.15) is 41.2 Å². The predicted molar refractivity (Wildman–Crippen MR) is 137 cm³/mol. The van der Waals surface area contributed by atoms with Gasteiger partial charge in [-0.15, -0.1) is 5.10 Å². The summed E-state index contributed by atoms with van der Waals surface area (Å²) in [6.45, 7) is 3.96. The number of anilines is 2. The van der Waals surface area contributed by atoms with Crippen LogP contribution in [-0.4, -0.2) is 46.2 Å². The fraction of sp³-hybridized carbons (Fsp3) is 0.269. The molecule has 3 N–H and O–H groups in total. The van der Waals surface area contributed by atoms with Gasteiger partial charge < -0.3 is 15.7 Å². The summed E-state index contributed by atoms with van der Waals surface area (Å²) < 4.78 is 44.5. The van der Waals surface area contributed by atoms with Crippen LogP contribution < -0.4 is 10.6 Å². The van der Waals surface area contributed by atoms with Crippen LogP contribution in [0.2, 0.25) is 0 Å². The summed E-state index contributed by atoms with van der Waals surface area (Å²) in [6, 6.07) is 12.6. The number of aromatic nitrogens is 7. The monoisotopic (exact) mass is 535 g/mol. The highest BCUT2D eigenvalue weighted by Crippen LogP contribution is 2.36. The second-order valence-corrected chi connectivity index (χ2v) is 9.37. The molecule has 5 aromatic rings. The molecule has 0 saturated heterocycles. The van der Waals surface area contributed by atoms with Crippen LogP contribution in [0, 0.1) is 6.92 Å². The molecule has 0 amide bonds. The fourth-order valence-corrected chi connectivity index (χ4v) is 4.71. The van der Waals surface area contributed by atoms with Crippen LogP contribution in [-0.2, 0) is 19.1 Å². The molecule has 200 valence electrons. The van der Waals surface area contributed by atoms with Gasteiger partial charge in [-0.05, 0) is 56.3 Å². The van der Waals surface area contributed by atoms with Crippen LogP contribution in [0.25, 0.3) is 22.7 Å². The molecule has 6 rings (SSSR count). The van der Waals surface area contributed by atoms with Crippen molar-refractivity contribution < 1.29 is 18.3 Å². The number of aliphatic hydroxyl groups is 1. The van der Waals surface area contributed by atoms with Crippen molar-refractivity contribution in [2.24, 2.45) is 0 Å². The summed E-state index contributed by atoms with van der Waals surface area (Å²) >= 11 is 0. The number of pyridine rings is 1. The Kier molecular flexibility index (Phi) is 6.03. The van der Waals surface area contributed by atoms with Crippen LogP contribution in [0.5, 0.6) is 0 Å². The van der Waals surface area contributed by atoms with Gasteiger partial charge in [0.05, 0.1) is 28.5 Å². The van der Waals surface area contributed by atoms with E-state index in [0.29, 0.717) is 46.9 Å². The molecule has 0 bridgehead atoms. The number of nitrogens with zero attached hydrogens (tertiary/aromatic N) is 7. The number of aliphatic hydroxyl groups excluding tert-OH is 1. The summed E-state index contributed by atoms with van der Waals surface area (Å²) in [4.78, 5) is 9.18. The Morgan fingerprint density at radius 3 is 2.69 bits per heavy atom. The molecule has 1 aliphatic rings. The third-order valence-electron chi connectivity index (χ3n) is 6.60. The van der Waals surface area contributed by atoms with Gasteiger partial charge in [0.1, 0.15) is 12.1 Å². The molecule has 10 nitrogen and oxygen atoms in total. The first kappa shape index (κ1) is 24.9. The van der Waals surface area contributed by atoms with Gasteiger partial charge in [-0.2, -0.15) is 23.4 Å². The molecule has 0 fully saturated rings. The maximum Gasteiger partial charge on any atom is 0.435 e. The summed E-state index contributed by atoms with van der Waals surface area (Å²) in [5, 5.41) is 28.8. The zero-order valence-electron chi connectivity index (χ0n) is 21.0. The molecule has 1 aliphatic heterocycles. The Morgan fingerprint density at radius 1 is 1.10 bits per heavy atom. The van der Waals surface area contributed by atoms with Crippen molar-refractivity contribution in [2.75, 3.05) is 11.9 Å². The van der Waals surface area contributed by atoms with Crippen molar-refractivity contribution in [2.45, 2.75) is 39.1 Å². The Bertz CT molecular complexity index is 1670. The number of alkyl halides is 3. The zero-order chi connectivity index (χ0) is 27.3. The molecule has 1 unspecified atom stereocenters. The number of halogens is 3. The molecule has 1 aromatic carbocycles. The number of fused-ring (bicyclic) bond motifs is 2. The van der Waals surface area contributed by atoms with Crippen molar-refractivity contribution >= 4 is 22.5 Å². The van der Waals surface area contributed by atoms with E-state index in [1.165, 1.54) is 4.68 Å². The molecular formula is C26H24F3N9O. The Labute approximate surface area is 220 Å². The van der Waals surface area contributed by atoms with Crippen LogP contribution in [0.4, 0.5) is 24.7 Å². The average molecular weight is 536 g/mol. The van der Waals surface area contributed by atoms with E-state index in [9.17, 15) is 18.3 Å². The smallest absolute Gasteiger partial charge is 0.389 e. The highest BCUT2D eigenvalue weighted by Gasteiger charge is 2.40. The van der Waals surface area contributed by atoms with E-state index in [4.69, 9.17) is 4.98 Å². The first-order chi connectivity index (χ1) is 18.7. The number of hydrogen-bond donors (Lipinski definition) is 3. The number of benzene rings is 1. The number of hydrogen-bond acceptors (Lipinski definition) is 8. The van der Waals surface area contributed by atoms with E-state index < -0.39 is 18.0 Å². The molecular weight excluding hydrogens is 511 g/mol. The minimum absolute atomic E-state index is 0.0567. The van der Waals surface area contributed by atoms with Gasteiger partial charge in [-0.25, -0.2) is 14.6 Å². The standard InChI is InChI=1S/C26H24F3N9O/c1-14-3-7-22(35-34-14)32-16-4-6-19-21(11-16)37(13-31-19)23-8-5-17(15(2)39)25(33-23)38-20-9-10-30-12-18(20)24(36-38)26(27,28)29/h3-8,11,13,15,30,39H,9-10,12H2,1-2H3,(H,32,35). The molecule has 0 saturated carbocycles. The number of aryl methyl sites for hydroxylation is 1. The van der Waals surface area contributed by atoms with Gasteiger partial charge >= 0.3 is 6.18 Å². The number of rotatable bonds is 5. The molecule has 4 aromatic heterocycles. The SMILES string of the molecule is Cc1ccc(Nc2ccc3ncn(-c4ccc(C(C)O)c(-n5nc(C(F)(F)F)c6c5CCNC6)n4)c3c2)nn1. The molecule has 0 spiro atoms. The van der Waals surface area contributed by atoms with Gasteiger partial charge in [0.2, 0.25) is 0 Å². The normalized spacial score (nSPS) is 14.4. The maximum absolute atomic E-state index is 13.9. The highest BCUT2D eigenvalue weighted by atomic mass is 19.4. The third-order valence-corrected chi connectivity index (χ3v) is 6.60. The van der Waals surface area contributed by atoms with Crippen molar-refractivity contribution in [3.63, 3.8) is 0 Å². The molecule has 1 atom stereocenters. The molecule has 5 heterocycles. The fourth-order valence-electron chi connectivity index (χ4n) is 4.71. The number of nitrogens with one attached hydrogen (secondary N) is 2. The second-order valence-electron chi connectivity index (χ2n) is 9.37. The second kappa shape index (κ2) is 9.43. The van der Waals surface area contributed by atoms with Crippen molar-refractivity contribution in [1.29, 1.82) is 0 Å². The first-order valence-electron chi connectivity index (χ1n) is 12.3. The van der Waals surface area contributed by atoms with E-state index in [2.05, 4.69) is 30.9 Å². The lowest BCUT2D eigenvalue weighted by Gasteiger charge is -2.18. The van der Waals surface area contributed by atoms with Crippen LogP contribution in [0.3, 0.4) is 0 Å². The first-order valence-corrected chi connectivity index (χ1v) is 12.3. The van der Waals surface area contributed by atoms with Gasteiger partial charge in [-0.3, -0.25) is 4.57 Å². The van der Waals surface area contributed by atoms with E-state index in [-0.39, 0.29) is 17.9 Å². The topological polar surface area (TPSA) is 119 Å². The summed E-state index contributed by atoms with van der Waals surface area (Å²) in [5.74, 6) is 1.13. The summed E-state index contributed by atoms with van der Waals surface area (Å²) in [6.07, 6.45) is -3.67. The number of imidazole rings is 1. The van der Waals surface area contributed by atoms with Gasteiger partial charge in [0.25, 0.3) is 0 Å². The minimum atomic E-state index is -4.62. The average Bonchev–Trinajstić information content (AvgIpc) is 3.51. The van der Waals surface area contributed by atoms with Crippen LogP contribution in [0.15, 0.2) is 48.8 Å². The van der Waals surface area contributed by atoms with E-state index in [1.807, 2.05) is 37.3 Å². The van der Waals surface area contributed by atoms with Gasteiger partial charge in [0.15, 0.2) is 17.3 Å². The van der Waals surface area contributed by atoms with E-state index in [0.717, 1.165) is 11.4 Å². The summed E-state index contributed by atoms with van der Waals surface area (Å²) in [5.41, 5.74) is 2.89. The Morgan fingerprint density at radius 2 is 1.95 bits per heavy atom. The van der Waals surface area contributed by atoms with Crippen molar-refractivity contribution in [3.05, 3.63) is 77.0 Å². The zero-order valence-corrected chi connectivity index (χ0v) is 21.0. The lowest BCUT2D eigenvalue weighted by molar-refractivity contribution is -0.142. The third kappa shape index (κ3) is 4.59. The van der Waals surface area contributed by atoms with Gasteiger partial charge in [0, 0.05) is 36.3 Å². The lowest BCUT2D eigenvalue weighted by Crippen LogP contribution is -2.26. The molecule has 39 heavy (non-hydrogen) atoms. The van der Waals surface area contributed by atoms with Crippen molar-refractivity contribution in [3.8, 4) is 11.6 Å². The Hall–Kier alpha value is -4.36. The van der Waals surface area contributed by atoms with E-state index >= 15 is 0 Å². The Balaban J connectivity index is 1.46. The molecule has 13 heteroatoms. The van der Waals surface area contributed by atoms with E-state index in [1.54, 1.807) is 30.0 Å². The largest absolute Gasteiger partial charge is 0.435 e. The summed E-state index contributed by atoms with van der Waals surface area (Å²) in [7, 11) is 0. The molecule has 0 aliphatic carbocycles. The van der Waals surface area contributed by atoms with Crippen molar-refractivity contribution in [1.82, 2.24) is 39.8 Å². The molecule has 0 radical (unpaired) electrons. The van der Waals surface area contributed by atoms with Gasteiger partial charge in [-0.1, -0.05) is 0 Å². The highest BCUT2D eigenvalue weighted by molar-refractivity contribution is 5.82. The lowest BCUT2D eigenvalue weighted by atomic mass is 10.1. The minimum Gasteiger partial charge on any atom is -0.389 e.